The first-order valence-electron chi connectivity index (χ1n) is 8.49. The van der Waals surface area contributed by atoms with E-state index in [1.54, 1.807) is 30.3 Å². The maximum absolute atomic E-state index is 12.9. The van der Waals surface area contributed by atoms with Crippen LogP contribution < -0.4 is 10.2 Å². The number of ether oxygens (including phenoxy) is 1. The van der Waals surface area contributed by atoms with Crippen LogP contribution in [0.3, 0.4) is 0 Å². The number of ketones is 1. The molecule has 0 radical (unpaired) electrons. The Labute approximate surface area is 178 Å². The molecule has 1 heterocycles. The Kier molecular flexibility index (Phi) is 6.27. The van der Waals surface area contributed by atoms with Gasteiger partial charge in [0.15, 0.2) is 11.5 Å². The summed E-state index contributed by atoms with van der Waals surface area (Å²) in [4.78, 5) is 12.5. The van der Waals surface area contributed by atoms with E-state index in [9.17, 15) is 23.2 Å². The van der Waals surface area contributed by atoms with Gasteiger partial charge >= 0.3 is 6.18 Å². The van der Waals surface area contributed by atoms with Crippen molar-refractivity contribution < 1.29 is 27.2 Å². The molecule has 0 saturated carbocycles. The van der Waals surface area contributed by atoms with E-state index in [1.807, 2.05) is 0 Å². The number of hydrazone groups is 1. The summed E-state index contributed by atoms with van der Waals surface area (Å²) in [5.74, 6) is 0.0210. The molecular weight excluding hydrogens is 437 g/mol. The molecule has 2 aromatic carbocycles. The van der Waals surface area contributed by atoms with Gasteiger partial charge in [-0.2, -0.15) is 23.5 Å². The van der Waals surface area contributed by atoms with Crippen molar-refractivity contribution >= 4 is 28.8 Å². The van der Waals surface area contributed by atoms with Crippen molar-refractivity contribution in [2.24, 2.45) is 5.10 Å². The summed E-state index contributed by atoms with van der Waals surface area (Å²) in [6.45, 7) is 0. The number of alkyl halides is 3. The zero-order chi connectivity index (χ0) is 22.6. The molecule has 0 aliphatic carbocycles. The van der Waals surface area contributed by atoms with Crippen LogP contribution in [0.5, 0.6) is 5.75 Å². The lowest BCUT2D eigenvalue weighted by molar-refractivity contribution is -0.137. The summed E-state index contributed by atoms with van der Waals surface area (Å²) in [5.41, 5.74) is 0.844. The van der Waals surface area contributed by atoms with Gasteiger partial charge in [0.1, 0.15) is 11.8 Å². The third-order valence-electron chi connectivity index (χ3n) is 4.01. The quantitative estimate of drug-likeness (QED) is 0.316. The molecule has 0 atom stereocenters. The predicted octanol–water partition coefficient (Wildman–Crippen LogP) is 5.20. The van der Waals surface area contributed by atoms with Crippen LogP contribution in [0.2, 0.25) is 5.02 Å². The Morgan fingerprint density at radius 1 is 1.23 bits per heavy atom. The number of nitrogens with zero attached hydrogens (tertiary/aromatic N) is 3. The number of halogens is 4. The van der Waals surface area contributed by atoms with Gasteiger partial charge < -0.3 is 9.26 Å². The highest BCUT2D eigenvalue weighted by molar-refractivity contribution is 6.51. The highest BCUT2D eigenvalue weighted by Crippen LogP contribution is 2.36. The second kappa shape index (κ2) is 8.89. The van der Waals surface area contributed by atoms with E-state index >= 15 is 0 Å². The van der Waals surface area contributed by atoms with Crippen LogP contribution >= 0.6 is 11.6 Å². The Bertz CT molecular complexity index is 1180. The molecule has 0 aliphatic rings. The fraction of sp³-hybridized carbons (Fsp3) is 0.100. The molecule has 0 aliphatic heterocycles. The summed E-state index contributed by atoms with van der Waals surface area (Å²) in [6, 6.07) is 12.6. The first-order valence-corrected chi connectivity index (χ1v) is 8.87. The number of Topliss-reactive ketones (excluding diaryl/α,β-unsaturated/α-hetero) is 1. The Morgan fingerprint density at radius 2 is 1.94 bits per heavy atom. The normalized spacial score (nSPS) is 11.7. The zero-order valence-electron chi connectivity index (χ0n) is 15.7. The Hall–Kier alpha value is -3.84. The number of nitrogens with one attached hydrogen (secondary N) is 1. The third-order valence-corrected chi connectivity index (χ3v) is 4.34. The molecule has 0 unspecified atom stereocenters. The molecule has 11 heteroatoms. The number of hydrogen-bond donors (Lipinski definition) is 1. The molecule has 0 fully saturated rings. The molecule has 1 N–H and O–H groups in total. The van der Waals surface area contributed by atoms with Crippen molar-refractivity contribution in [3.8, 4) is 23.1 Å². The minimum atomic E-state index is -4.68. The summed E-state index contributed by atoms with van der Waals surface area (Å²) in [7, 11) is 1.52. The third kappa shape index (κ3) is 5.02. The van der Waals surface area contributed by atoms with E-state index in [0.29, 0.717) is 17.4 Å². The van der Waals surface area contributed by atoms with E-state index in [1.165, 1.54) is 19.2 Å². The first-order chi connectivity index (χ1) is 14.7. The fourth-order valence-electron chi connectivity index (χ4n) is 2.45. The topological polar surface area (TPSA) is 101 Å². The second-order valence-corrected chi connectivity index (χ2v) is 6.42. The lowest BCUT2D eigenvalue weighted by atomic mass is 10.1. The van der Waals surface area contributed by atoms with Gasteiger partial charge in [-0.05, 0) is 42.5 Å². The smallest absolute Gasteiger partial charge is 0.417 e. The van der Waals surface area contributed by atoms with Gasteiger partial charge in [-0.3, -0.25) is 10.2 Å². The average molecular weight is 449 g/mol. The second-order valence-electron chi connectivity index (χ2n) is 6.01. The van der Waals surface area contributed by atoms with Crippen LogP contribution in [0.1, 0.15) is 16.1 Å². The maximum Gasteiger partial charge on any atom is 0.417 e. The minimum absolute atomic E-state index is 0.114. The molecule has 0 saturated heterocycles. The minimum Gasteiger partial charge on any atom is -0.497 e. The zero-order valence-corrected chi connectivity index (χ0v) is 16.5. The van der Waals surface area contributed by atoms with Gasteiger partial charge in [0, 0.05) is 11.6 Å². The maximum atomic E-state index is 12.9. The van der Waals surface area contributed by atoms with Gasteiger partial charge in [0.2, 0.25) is 11.5 Å². The highest BCUT2D eigenvalue weighted by Gasteiger charge is 2.33. The van der Waals surface area contributed by atoms with Crippen molar-refractivity contribution in [3.05, 3.63) is 64.8 Å². The molecule has 158 valence electrons. The van der Waals surface area contributed by atoms with Crippen molar-refractivity contribution in [1.82, 2.24) is 5.16 Å². The Balaban J connectivity index is 1.80. The number of carbonyl (C=O) groups excluding carboxylic acids is 1. The van der Waals surface area contributed by atoms with Crippen LogP contribution in [0.15, 0.2) is 58.2 Å². The van der Waals surface area contributed by atoms with Gasteiger partial charge in [0.25, 0.3) is 0 Å². The van der Waals surface area contributed by atoms with E-state index in [2.05, 4.69) is 15.7 Å². The van der Waals surface area contributed by atoms with Crippen LogP contribution in [0.25, 0.3) is 11.3 Å². The number of anilines is 1. The van der Waals surface area contributed by atoms with E-state index in [0.717, 1.165) is 6.07 Å². The fourth-order valence-corrected chi connectivity index (χ4v) is 2.68. The van der Waals surface area contributed by atoms with E-state index in [-0.39, 0.29) is 17.1 Å². The molecule has 31 heavy (non-hydrogen) atoms. The van der Waals surface area contributed by atoms with E-state index < -0.39 is 28.3 Å². The molecule has 7 nitrogen and oxygen atoms in total. The van der Waals surface area contributed by atoms with Gasteiger partial charge in [-0.1, -0.05) is 16.8 Å². The monoisotopic (exact) mass is 448 g/mol. The van der Waals surface area contributed by atoms with Crippen molar-refractivity contribution in [2.45, 2.75) is 6.18 Å². The SMILES string of the molecule is COc1ccc(-c2cc(C(=O)C(C#N)=NNc3ccc(Cl)c(C(F)(F)F)c3)no2)cc1. The number of rotatable bonds is 6. The van der Waals surface area contributed by atoms with Crippen LogP contribution in [0, 0.1) is 11.3 Å². The standard InChI is InChI=1S/C20H12ClF3N4O3/c1-30-13-5-2-11(3-6-13)18-9-16(28-31-18)19(29)17(10-25)27-26-12-4-7-15(21)14(8-12)20(22,23)24/h2-9,26H,1H3. The Morgan fingerprint density at radius 3 is 2.55 bits per heavy atom. The van der Waals surface area contributed by atoms with E-state index in [4.69, 9.17) is 20.9 Å². The number of methoxy groups -OCH3 is 1. The lowest BCUT2D eigenvalue weighted by Gasteiger charge is -2.10. The van der Waals surface area contributed by atoms with Crippen LogP contribution in [-0.2, 0) is 6.18 Å². The predicted molar refractivity (Wildman–Crippen MR) is 106 cm³/mol. The molecule has 1 aromatic heterocycles. The van der Waals surface area contributed by atoms with Gasteiger partial charge in [0.05, 0.1) is 23.4 Å². The largest absolute Gasteiger partial charge is 0.497 e. The molecular formula is C20H12ClF3N4O3. The van der Waals surface area contributed by atoms with Gasteiger partial charge in [-0.25, -0.2) is 0 Å². The number of carbonyl (C=O) groups is 1. The number of benzene rings is 2. The highest BCUT2D eigenvalue weighted by atomic mass is 35.5. The van der Waals surface area contributed by atoms with Crippen LogP contribution in [0.4, 0.5) is 18.9 Å². The molecule has 3 rings (SSSR count). The van der Waals surface area contributed by atoms with Crippen molar-refractivity contribution in [2.75, 3.05) is 12.5 Å². The average Bonchev–Trinajstić information content (AvgIpc) is 3.24. The number of aromatic nitrogens is 1. The molecule has 0 amide bonds. The van der Waals surface area contributed by atoms with Gasteiger partial charge in [-0.15, -0.1) is 0 Å². The van der Waals surface area contributed by atoms with Crippen molar-refractivity contribution in [3.63, 3.8) is 0 Å². The molecule has 0 spiro atoms. The molecule has 3 aromatic rings. The molecule has 0 bridgehead atoms. The lowest BCUT2D eigenvalue weighted by Crippen LogP contribution is -2.14. The van der Waals surface area contributed by atoms with Crippen LogP contribution in [-0.4, -0.2) is 23.8 Å². The van der Waals surface area contributed by atoms with Crippen molar-refractivity contribution in [1.29, 1.82) is 5.26 Å². The number of hydrogen-bond acceptors (Lipinski definition) is 7. The first kappa shape index (κ1) is 21.9. The summed E-state index contributed by atoms with van der Waals surface area (Å²) in [5, 5.41) is 16.0. The summed E-state index contributed by atoms with van der Waals surface area (Å²) < 4.78 is 49.0. The summed E-state index contributed by atoms with van der Waals surface area (Å²) >= 11 is 5.56. The summed E-state index contributed by atoms with van der Waals surface area (Å²) in [6.07, 6.45) is -4.68. The number of nitriles is 1.